The van der Waals surface area contributed by atoms with Crippen LogP contribution in [-0.4, -0.2) is 47.4 Å². The zero-order chi connectivity index (χ0) is 25.5. The van der Waals surface area contributed by atoms with Crippen molar-refractivity contribution in [2.24, 2.45) is 0 Å². The van der Waals surface area contributed by atoms with Crippen LogP contribution in [0.15, 0.2) is 24.3 Å². The lowest BCUT2D eigenvalue weighted by atomic mass is 10.0. The topological polar surface area (TPSA) is 129 Å². The van der Waals surface area contributed by atoms with Crippen molar-refractivity contribution in [2.75, 3.05) is 13.2 Å². The molecule has 9 nitrogen and oxygen atoms in total. The molecular formula is C26H30O9. The summed E-state index contributed by atoms with van der Waals surface area (Å²) in [5.41, 5.74) is 2.02. The fourth-order valence-corrected chi connectivity index (χ4v) is 3.92. The first-order valence-corrected chi connectivity index (χ1v) is 11.6. The molecule has 188 valence electrons. The van der Waals surface area contributed by atoms with Gasteiger partial charge in [-0.1, -0.05) is 13.3 Å². The Morgan fingerprint density at radius 2 is 1.71 bits per heavy atom. The van der Waals surface area contributed by atoms with E-state index < -0.39 is 12.4 Å². The number of carboxylic acid groups (broad SMARTS) is 1. The monoisotopic (exact) mass is 486 g/mol. The highest BCUT2D eigenvalue weighted by atomic mass is 16.8. The van der Waals surface area contributed by atoms with Gasteiger partial charge in [-0.05, 0) is 56.5 Å². The molecule has 2 aromatic rings. The number of ether oxygens (including phenoxy) is 4. The minimum Gasteiger partial charge on any atom is -0.507 e. The van der Waals surface area contributed by atoms with Crippen LogP contribution in [0.2, 0.25) is 0 Å². The molecule has 2 aromatic carbocycles. The maximum absolute atomic E-state index is 12.2. The molecule has 1 unspecified atom stereocenters. The van der Waals surface area contributed by atoms with Crippen LogP contribution in [0.25, 0.3) is 0 Å². The van der Waals surface area contributed by atoms with Crippen molar-refractivity contribution in [1.29, 1.82) is 0 Å². The largest absolute Gasteiger partial charge is 0.508 e. The van der Waals surface area contributed by atoms with Crippen LogP contribution < -0.4 is 14.2 Å². The number of aryl methyl sites for hydroxylation is 1. The van der Waals surface area contributed by atoms with Gasteiger partial charge in [0.05, 0.1) is 24.3 Å². The Hall–Kier alpha value is -3.75. The van der Waals surface area contributed by atoms with Crippen molar-refractivity contribution in [1.82, 2.24) is 0 Å². The molecule has 0 radical (unpaired) electrons. The molecule has 0 bridgehead atoms. The van der Waals surface area contributed by atoms with Crippen LogP contribution in [0.5, 0.6) is 23.0 Å². The van der Waals surface area contributed by atoms with Crippen LogP contribution >= 0.6 is 0 Å². The number of carbonyl (C=O) groups excluding carboxylic acids is 2. The van der Waals surface area contributed by atoms with E-state index in [0.717, 1.165) is 12.0 Å². The Morgan fingerprint density at radius 1 is 1.03 bits per heavy atom. The van der Waals surface area contributed by atoms with Gasteiger partial charge in [-0.15, -0.1) is 0 Å². The van der Waals surface area contributed by atoms with E-state index in [2.05, 4.69) is 4.74 Å². The summed E-state index contributed by atoms with van der Waals surface area (Å²) in [5.74, 6) is 0.901. The van der Waals surface area contributed by atoms with Gasteiger partial charge in [0.1, 0.15) is 23.0 Å². The average molecular weight is 487 g/mol. The third-order valence-electron chi connectivity index (χ3n) is 5.60. The summed E-state index contributed by atoms with van der Waals surface area (Å²) in [5, 5.41) is 19.2. The van der Waals surface area contributed by atoms with Crippen molar-refractivity contribution >= 4 is 17.7 Å². The molecule has 0 fully saturated rings. The number of phenols is 1. The number of carbonyl (C=O) groups is 3. The van der Waals surface area contributed by atoms with Gasteiger partial charge in [-0.3, -0.25) is 9.59 Å². The van der Waals surface area contributed by atoms with Crippen molar-refractivity contribution in [3.05, 3.63) is 46.5 Å². The lowest BCUT2D eigenvalue weighted by Gasteiger charge is -2.26. The first kappa shape index (κ1) is 25.9. The van der Waals surface area contributed by atoms with E-state index in [-0.39, 0.29) is 29.5 Å². The minimum absolute atomic E-state index is 0.0357. The smallest absolute Gasteiger partial charge is 0.507 e. The Bertz CT molecular complexity index is 1110. The number of phenolic OH excluding ortho intramolecular Hbond substituents is 1. The molecule has 2 N–H and O–H groups in total. The fraction of sp³-hybridized carbons (Fsp3) is 0.423. The number of hydrogen-bond acceptors (Lipinski definition) is 8. The second-order valence-corrected chi connectivity index (χ2v) is 8.28. The SMILES string of the molecule is CCCc1c(OCCCOc2cc3c(cc2C(C)=O)OC(OC(=O)O)CC3)ccc(C(C)=O)c1O. The van der Waals surface area contributed by atoms with Crippen LogP contribution in [0.1, 0.15) is 71.9 Å². The van der Waals surface area contributed by atoms with Gasteiger partial charge in [0.2, 0.25) is 6.29 Å². The number of ketones is 2. The molecule has 1 atom stereocenters. The Balaban J connectivity index is 1.62. The normalized spacial score (nSPS) is 14.4. The Kier molecular flexibility index (Phi) is 8.57. The highest BCUT2D eigenvalue weighted by Gasteiger charge is 2.25. The van der Waals surface area contributed by atoms with E-state index in [1.807, 2.05) is 6.92 Å². The Morgan fingerprint density at radius 3 is 2.34 bits per heavy atom. The summed E-state index contributed by atoms with van der Waals surface area (Å²) in [6.07, 6.45) is 0.431. The molecular weight excluding hydrogens is 456 g/mol. The zero-order valence-electron chi connectivity index (χ0n) is 20.1. The summed E-state index contributed by atoms with van der Waals surface area (Å²) < 4.78 is 22.0. The molecule has 1 aliphatic heterocycles. The average Bonchev–Trinajstić information content (AvgIpc) is 2.79. The highest BCUT2D eigenvalue weighted by molar-refractivity contribution is 5.98. The summed E-state index contributed by atoms with van der Waals surface area (Å²) >= 11 is 0. The Labute approximate surface area is 203 Å². The lowest BCUT2D eigenvalue weighted by molar-refractivity contribution is -0.0635. The van der Waals surface area contributed by atoms with Crippen molar-refractivity contribution in [2.45, 2.75) is 59.2 Å². The van der Waals surface area contributed by atoms with E-state index in [9.17, 15) is 19.5 Å². The van der Waals surface area contributed by atoms with Crippen LogP contribution in [0, 0.1) is 0 Å². The van der Waals surface area contributed by atoms with Gasteiger partial charge in [0.25, 0.3) is 0 Å². The van der Waals surface area contributed by atoms with E-state index in [4.69, 9.17) is 19.3 Å². The molecule has 0 saturated heterocycles. The molecule has 1 heterocycles. The highest BCUT2D eigenvalue weighted by Crippen LogP contribution is 2.35. The van der Waals surface area contributed by atoms with Gasteiger partial charge in [0, 0.05) is 18.4 Å². The van der Waals surface area contributed by atoms with Gasteiger partial charge in [-0.2, -0.15) is 0 Å². The second kappa shape index (κ2) is 11.6. The number of Topliss-reactive ketones (excluding diaryl/α,β-unsaturated/α-hetero) is 2. The maximum Gasteiger partial charge on any atom is 0.508 e. The third-order valence-corrected chi connectivity index (χ3v) is 5.60. The summed E-state index contributed by atoms with van der Waals surface area (Å²) in [7, 11) is 0. The van der Waals surface area contributed by atoms with Crippen molar-refractivity contribution in [3.63, 3.8) is 0 Å². The van der Waals surface area contributed by atoms with Gasteiger partial charge < -0.3 is 29.2 Å². The minimum atomic E-state index is -1.42. The van der Waals surface area contributed by atoms with E-state index in [1.54, 1.807) is 24.3 Å². The first-order chi connectivity index (χ1) is 16.7. The number of fused-ring (bicyclic) bond motifs is 1. The third kappa shape index (κ3) is 6.44. The standard InChI is InChI=1S/C26H30O9/c1-4-6-19-21(9-8-18(15(2)27)25(19)29)32-11-5-12-33-23-13-17-7-10-24(35-26(30)31)34-22(17)14-20(23)16(3)28/h8-9,13-14,24,29H,4-7,10-12H2,1-3H3,(H,30,31). The summed E-state index contributed by atoms with van der Waals surface area (Å²) in [6, 6.07) is 6.54. The van der Waals surface area contributed by atoms with Crippen LogP contribution in [0.3, 0.4) is 0 Å². The molecule has 0 spiro atoms. The molecule has 0 amide bonds. The van der Waals surface area contributed by atoms with Gasteiger partial charge in [0.15, 0.2) is 11.6 Å². The lowest BCUT2D eigenvalue weighted by Crippen LogP contribution is -2.28. The fourth-order valence-electron chi connectivity index (χ4n) is 3.92. The predicted molar refractivity (Wildman–Crippen MR) is 126 cm³/mol. The van der Waals surface area contributed by atoms with Gasteiger partial charge in [-0.25, -0.2) is 4.79 Å². The second-order valence-electron chi connectivity index (χ2n) is 8.28. The van der Waals surface area contributed by atoms with Crippen molar-refractivity contribution < 1.29 is 43.5 Å². The molecule has 3 rings (SSSR count). The summed E-state index contributed by atoms with van der Waals surface area (Å²) in [6.45, 7) is 5.40. The molecule has 1 aliphatic rings. The molecule has 35 heavy (non-hydrogen) atoms. The number of aromatic hydroxyl groups is 1. The van der Waals surface area contributed by atoms with Gasteiger partial charge >= 0.3 is 6.16 Å². The predicted octanol–water partition coefficient (Wildman–Crippen LogP) is 4.94. The number of rotatable bonds is 11. The van der Waals surface area contributed by atoms with E-state index in [0.29, 0.717) is 60.7 Å². The van der Waals surface area contributed by atoms with Crippen LogP contribution in [0.4, 0.5) is 4.79 Å². The maximum atomic E-state index is 12.2. The number of benzene rings is 2. The molecule has 9 heteroatoms. The van der Waals surface area contributed by atoms with Crippen molar-refractivity contribution in [3.8, 4) is 23.0 Å². The van der Waals surface area contributed by atoms with Crippen LogP contribution in [-0.2, 0) is 17.6 Å². The summed E-state index contributed by atoms with van der Waals surface area (Å²) in [4.78, 5) is 34.6. The van der Waals surface area contributed by atoms with E-state index >= 15 is 0 Å². The first-order valence-electron chi connectivity index (χ1n) is 11.6. The van der Waals surface area contributed by atoms with E-state index in [1.165, 1.54) is 13.8 Å². The molecule has 0 aromatic heterocycles. The molecule has 0 saturated carbocycles. The number of hydrogen-bond donors (Lipinski definition) is 2. The quantitative estimate of drug-likeness (QED) is 0.258. The zero-order valence-corrected chi connectivity index (χ0v) is 20.1. The molecule has 0 aliphatic carbocycles.